The summed E-state index contributed by atoms with van der Waals surface area (Å²) in [5, 5.41) is 13.8. The number of rotatable bonds is 8. The number of aliphatic hydroxyl groups is 1. The van der Waals surface area contributed by atoms with Gasteiger partial charge in [-0.15, -0.1) is 0 Å². The molecule has 1 rings (SSSR count). The summed E-state index contributed by atoms with van der Waals surface area (Å²) in [4.78, 5) is 0. The summed E-state index contributed by atoms with van der Waals surface area (Å²) in [5.74, 6) is 0.625. The Morgan fingerprint density at radius 1 is 1.37 bits per heavy atom. The van der Waals surface area contributed by atoms with E-state index in [2.05, 4.69) is 31.3 Å². The van der Waals surface area contributed by atoms with Crippen LogP contribution >= 0.6 is 0 Å². The van der Waals surface area contributed by atoms with Gasteiger partial charge in [-0.25, -0.2) is 0 Å². The molecular weight excluding hydrogens is 238 g/mol. The molecule has 0 fully saturated rings. The molecule has 1 atom stereocenters. The molecule has 1 unspecified atom stereocenters. The summed E-state index contributed by atoms with van der Waals surface area (Å²) < 4.78 is 4.98. The van der Waals surface area contributed by atoms with Crippen LogP contribution in [-0.4, -0.2) is 31.9 Å². The zero-order valence-electron chi connectivity index (χ0n) is 12.6. The molecule has 2 N–H and O–H groups in total. The van der Waals surface area contributed by atoms with Crippen molar-refractivity contribution in [2.45, 2.75) is 32.8 Å². The van der Waals surface area contributed by atoms with E-state index >= 15 is 0 Å². The average molecular weight is 265 g/mol. The van der Waals surface area contributed by atoms with Crippen LogP contribution in [-0.2, 0) is 16.8 Å². The van der Waals surface area contributed by atoms with Gasteiger partial charge in [-0.3, -0.25) is 0 Å². The normalized spacial score (nSPS) is 14.6. The standard InChI is InChI=1S/C16H27NO2/c1-13(2)10-14-6-5-7-15(11-14)16(3,18)12-17-8-9-19-4/h5-7,11,13,17-18H,8-10,12H2,1-4H3. The molecule has 0 radical (unpaired) electrons. The van der Waals surface area contributed by atoms with Crippen molar-refractivity contribution in [2.75, 3.05) is 26.8 Å². The summed E-state index contributed by atoms with van der Waals surface area (Å²) in [6, 6.07) is 8.24. The summed E-state index contributed by atoms with van der Waals surface area (Å²) in [6.45, 7) is 8.19. The largest absolute Gasteiger partial charge is 0.384 e. The predicted molar refractivity (Wildman–Crippen MR) is 79.3 cm³/mol. The van der Waals surface area contributed by atoms with Crippen LogP contribution in [0.2, 0.25) is 0 Å². The fraction of sp³-hybridized carbons (Fsp3) is 0.625. The van der Waals surface area contributed by atoms with Crippen LogP contribution in [0.25, 0.3) is 0 Å². The van der Waals surface area contributed by atoms with Crippen LogP contribution in [0.3, 0.4) is 0 Å². The fourth-order valence-corrected chi connectivity index (χ4v) is 2.11. The Labute approximate surface area is 117 Å². The molecule has 0 heterocycles. The lowest BCUT2D eigenvalue weighted by Crippen LogP contribution is -2.36. The second-order valence-corrected chi connectivity index (χ2v) is 5.74. The van der Waals surface area contributed by atoms with E-state index in [1.54, 1.807) is 7.11 Å². The predicted octanol–water partition coefficient (Wildman–Crippen LogP) is 2.33. The van der Waals surface area contributed by atoms with Gasteiger partial charge in [0.25, 0.3) is 0 Å². The third kappa shape index (κ3) is 5.72. The van der Waals surface area contributed by atoms with E-state index in [-0.39, 0.29) is 0 Å². The van der Waals surface area contributed by atoms with Crippen molar-refractivity contribution in [3.8, 4) is 0 Å². The highest BCUT2D eigenvalue weighted by Crippen LogP contribution is 2.21. The van der Waals surface area contributed by atoms with Crippen molar-refractivity contribution in [3.63, 3.8) is 0 Å². The zero-order chi connectivity index (χ0) is 14.3. The van der Waals surface area contributed by atoms with Crippen molar-refractivity contribution in [1.29, 1.82) is 0 Å². The van der Waals surface area contributed by atoms with Gasteiger partial charge in [0.1, 0.15) is 0 Å². The summed E-state index contributed by atoms with van der Waals surface area (Å²) >= 11 is 0. The smallest absolute Gasteiger partial charge is 0.0992 e. The minimum Gasteiger partial charge on any atom is -0.384 e. The van der Waals surface area contributed by atoms with Gasteiger partial charge in [0, 0.05) is 20.2 Å². The molecule has 0 spiro atoms. The van der Waals surface area contributed by atoms with Gasteiger partial charge in [0.2, 0.25) is 0 Å². The summed E-state index contributed by atoms with van der Waals surface area (Å²) in [6.07, 6.45) is 1.04. The molecule has 1 aromatic rings. The molecule has 3 nitrogen and oxygen atoms in total. The maximum Gasteiger partial charge on any atom is 0.0992 e. The second kappa shape index (κ2) is 7.63. The highest BCUT2D eigenvalue weighted by atomic mass is 16.5. The van der Waals surface area contributed by atoms with Crippen molar-refractivity contribution < 1.29 is 9.84 Å². The van der Waals surface area contributed by atoms with Crippen LogP contribution in [0, 0.1) is 5.92 Å². The first-order chi connectivity index (χ1) is 8.95. The quantitative estimate of drug-likeness (QED) is 0.709. The van der Waals surface area contributed by atoms with E-state index in [9.17, 15) is 5.11 Å². The molecule has 0 bridgehead atoms. The van der Waals surface area contributed by atoms with Crippen molar-refractivity contribution >= 4 is 0 Å². The van der Waals surface area contributed by atoms with Gasteiger partial charge in [-0.2, -0.15) is 0 Å². The van der Waals surface area contributed by atoms with Crippen molar-refractivity contribution in [2.24, 2.45) is 5.92 Å². The number of nitrogens with one attached hydrogen (secondary N) is 1. The first-order valence-electron chi connectivity index (χ1n) is 6.97. The molecule has 0 aliphatic carbocycles. The van der Waals surface area contributed by atoms with Crippen LogP contribution < -0.4 is 5.32 Å². The molecule has 0 aromatic heterocycles. The molecule has 19 heavy (non-hydrogen) atoms. The number of hydrogen-bond donors (Lipinski definition) is 2. The van der Waals surface area contributed by atoms with Gasteiger partial charge in [-0.1, -0.05) is 38.1 Å². The Hall–Kier alpha value is -0.900. The molecule has 0 aliphatic heterocycles. The van der Waals surface area contributed by atoms with Crippen LogP contribution in [0.1, 0.15) is 31.9 Å². The topological polar surface area (TPSA) is 41.5 Å². The maximum atomic E-state index is 10.5. The van der Waals surface area contributed by atoms with E-state index in [0.717, 1.165) is 18.5 Å². The van der Waals surface area contributed by atoms with Crippen LogP contribution in [0.15, 0.2) is 24.3 Å². The molecule has 0 aliphatic rings. The lowest BCUT2D eigenvalue weighted by molar-refractivity contribution is 0.0549. The van der Waals surface area contributed by atoms with E-state index in [4.69, 9.17) is 4.74 Å². The molecule has 3 heteroatoms. The molecule has 0 saturated carbocycles. The third-order valence-corrected chi connectivity index (χ3v) is 3.15. The zero-order valence-corrected chi connectivity index (χ0v) is 12.6. The van der Waals surface area contributed by atoms with Gasteiger partial charge in [0.05, 0.1) is 12.2 Å². The highest BCUT2D eigenvalue weighted by molar-refractivity contribution is 5.28. The first-order valence-corrected chi connectivity index (χ1v) is 6.97. The Morgan fingerprint density at radius 3 is 2.74 bits per heavy atom. The first kappa shape index (κ1) is 16.2. The Balaban J connectivity index is 2.65. The van der Waals surface area contributed by atoms with Gasteiger partial charge in [-0.05, 0) is 30.4 Å². The second-order valence-electron chi connectivity index (χ2n) is 5.74. The van der Waals surface area contributed by atoms with Crippen molar-refractivity contribution in [3.05, 3.63) is 35.4 Å². The average Bonchev–Trinajstić information content (AvgIpc) is 2.34. The molecular formula is C16H27NO2. The number of benzene rings is 1. The third-order valence-electron chi connectivity index (χ3n) is 3.15. The number of hydrogen-bond acceptors (Lipinski definition) is 3. The molecule has 108 valence electrons. The molecule has 1 aromatic carbocycles. The molecule has 0 amide bonds. The van der Waals surface area contributed by atoms with Crippen molar-refractivity contribution in [1.82, 2.24) is 5.32 Å². The van der Waals surface area contributed by atoms with Gasteiger partial charge >= 0.3 is 0 Å². The minimum absolute atomic E-state index is 0.529. The Bertz CT molecular complexity index is 375. The minimum atomic E-state index is -0.846. The van der Waals surface area contributed by atoms with Gasteiger partial charge in [0.15, 0.2) is 0 Å². The summed E-state index contributed by atoms with van der Waals surface area (Å²) in [5.41, 5.74) is 1.40. The Kier molecular flexibility index (Phi) is 6.49. The fourth-order valence-electron chi connectivity index (χ4n) is 2.11. The summed E-state index contributed by atoms with van der Waals surface area (Å²) in [7, 11) is 1.68. The van der Waals surface area contributed by atoms with E-state index in [1.165, 1.54) is 5.56 Å². The van der Waals surface area contributed by atoms with E-state index < -0.39 is 5.60 Å². The number of methoxy groups -OCH3 is 1. The SMILES string of the molecule is COCCNCC(C)(O)c1cccc(CC(C)C)c1. The highest BCUT2D eigenvalue weighted by Gasteiger charge is 2.22. The lowest BCUT2D eigenvalue weighted by Gasteiger charge is -2.25. The maximum absolute atomic E-state index is 10.5. The monoisotopic (exact) mass is 265 g/mol. The number of ether oxygens (including phenoxy) is 1. The van der Waals surface area contributed by atoms with Crippen LogP contribution in [0.5, 0.6) is 0 Å². The van der Waals surface area contributed by atoms with Crippen LogP contribution in [0.4, 0.5) is 0 Å². The molecule has 0 saturated heterocycles. The lowest BCUT2D eigenvalue weighted by atomic mass is 9.92. The Morgan fingerprint density at radius 2 is 2.11 bits per heavy atom. The van der Waals surface area contributed by atoms with E-state index in [1.807, 2.05) is 19.1 Å². The van der Waals surface area contributed by atoms with E-state index in [0.29, 0.717) is 19.1 Å². The van der Waals surface area contributed by atoms with Gasteiger partial charge < -0.3 is 15.2 Å².